The molecule has 3 rings (SSSR count). The molecule has 5 nitrogen and oxygen atoms in total. The Morgan fingerprint density at radius 1 is 1.18 bits per heavy atom. The van der Waals surface area contributed by atoms with Crippen molar-refractivity contribution in [1.82, 2.24) is 10.2 Å². The average molecular weight is 300 g/mol. The van der Waals surface area contributed by atoms with E-state index in [1.54, 1.807) is 6.07 Å². The van der Waals surface area contributed by atoms with Gasteiger partial charge in [0, 0.05) is 11.5 Å². The number of aromatic nitrogens is 2. The number of nitrogens with zero attached hydrogens (tertiary/aromatic N) is 1. The number of benzene rings is 1. The zero-order valence-electron chi connectivity index (χ0n) is 12.7. The number of hydrogen-bond donors (Lipinski definition) is 1. The van der Waals surface area contributed by atoms with Gasteiger partial charge in [-0.3, -0.25) is 4.79 Å². The molecule has 0 fully saturated rings. The number of ether oxygens (including phenoxy) is 1. The van der Waals surface area contributed by atoms with Crippen molar-refractivity contribution >= 4 is 11.0 Å². The van der Waals surface area contributed by atoms with Gasteiger partial charge in [0.1, 0.15) is 16.9 Å². The Morgan fingerprint density at radius 3 is 2.91 bits per heavy atom. The van der Waals surface area contributed by atoms with Crippen LogP contribution >= 0.6 is 0 Å². The van der Waals surface area contributed by atoms with E-state index in [-0.39, 0.29) is 5.56 Å². The molecular weight excluding hydrogens is 280 g/mol. The number of hydrogen-bond acceptors (Lipinski definition) is 4. The van der Waals surface area contributed by atoms with Gasteiger partial charge in [0.05, 0.1) is 6.61 Å². The highest BCUT2D eigenvalue weighted by Gasteiger charge is 2.14. The van der Waals surface area contributed by atoms with Crippen molar-refractivity contribution in [2.24, 2.45) is 0 Å². The first kappa shape index (κ1) is 14.6. The van der Waals surface area contributed by atoms with Gasteiger partial charge in [-0.2, -0.15) is 0 Å². The third kappa shape index (κ3) is 3.13. The summed E-state index contributed by atoms with van der Waals surface area (Å²) in [4.78, 5) is 11.5. The highest BCUT2D eigenvalue weighted by atomic mass is 16.5. The molecule has 0 saturated heterocycles. The third-order valence-corrected chi connectivity index (χ3v) is 3.74. The van der Waals surface area contributed by atoms with Crippen molar-refractivity contribution in [2.75, 3.05) is 6.61 Å². The van der Waals surface area contributed by atoms with Crippen LogP contribution in [0.1, 0.15) is 39.0 Å². The monoisotopic (exact) mass is 300 g/mol. The molecule has 116 valence electrons. The van der Waals surface area contributed by atoms with Gasteiger partial charge in [-0.25, -0.2) is 5.10 Å². The minimum absolute atomic E-state index is 0.229. The van der Waals surface area contributed by atoms with E-state index in [9.17, 15) is 4.79 Å². The summed E-state index contributed by atoms with van der Waals surface area (Å²) in [6, 6.07) is 7.44. The Hall–Kier alpha value is -2.30. The van der Waals surface area contributed by atoms with Crippen molar-refractivity contribution < 1.29 is 9.15 Å². The van der Waals surface area contributed by atoms with E-state index < -0.39 is 0 Å². The molecule has 0 atom stereocenters. The Bertz CT molecular complexity index is 775. The van der Waals surface area contributed by atoms with Crippen molar-refractivity contribution in [1.29, 1.82) is 0 Å². The SMILES string of the molecule is CCCCCCCOc1ccc2cc3c(=O)[nH]nc-3oc2c1. The number of unbranched alkanes of at least 4 members (excludes halogenated alkanes) is 4. The predicted molar refractivity (Wildman–Crippen MR) is 85.5 cm³/mol. The summed E-state index contributed by atoms with van der Waals surface area (Å²) in [7, 11) is 0. The van der Waals surface area contributed by atoms with Crippen molar-refractivity contribution in [3.05, 3.63) is 34.6 Å². The lowest BCUT2D eigenvalue weighted by Gasteiger charge is -2.07. The largest absolute Gasteiger partial charge is 0.493 e. The van der Waals surface area contributed by atoms with E-state index in [0.717, 1.165) is 17.6 Å². The molecule has 2 aliphatic heterocycles. The molecule has 2 aliphatic rings. The summed E-state index contributed by atoms with van der Waals surface area (Å²) >= 11 is 0. The molecule has 1 aromatic carbocycles. The molecule has 5 heteroatoms. The Labute approximate surface area is 128 Å². The second-order valence-electron chi connectivity index (χ2n) is 5.48. The fraction of sp³-hybridized carbons (Fsp3) is 0.412. The summed E-state index contributed by atoms with van der Waals surface area (Å²) in [6.07, 6.45) is 6.07. The minimum atomic E-state index is -0.229. The zero-order chi connectivity index (χ0) is 15.4. The molecule has 0 amide bonds. The second-order valence-corrected chi connectivity index (χ2v) is 5.48. The lowest BCUT2D eigenvalue weighted by atomic mass is 10.1. The maximum Gasteiger partial charge on any atom is 0.277 e. The van der Waals surface area contributed by atoms with E-state index >= 15 is 0 Å². The van der Waals surface area contributed by atoms with Crippen LogP contribution in [0.4, 0.5) is 0 Å². The number of H-pyrrole nitrogens is 1. The van der Waals surface area contributed by atoms with Gasteiger partial charge < -0.3 is 9.15 Å². The van der Waals surface area contributed by atoms with Crippen LogP contribution in [-0.4, -0.2) is 16.8 Å². The molecule has 2 heterocycles. The standard InChI is InChI=1S/C17H20N2O3/c1-2-3-4-5-6-9-21-13-8-7-12-10-14-16(20)18-19-17(14)22-15(12)11-13/h7-8,10-11H,2-6,9H2,1H3,(H,18,20). The fourth-order valence-electron chi connectivity index (χ4n) is 2.49. The number of nitrogens with one attached hydrogen (secondary N) is 1. The summed E-state index contributed by atoms with van der Waals surface area (Å²) < 4.78 is 11.4. The maximum atomic E-state index is 11.5. The highest BCUT2D eigenvalue weighted by Crippen LogP contribution is 2.27. The molecule has 0 radical (unpaired) electrons. The number of aromatic amines is 1. The Balaban J connectivity index is 1.69. The first-order valence-corrected chi connectivity index (χ1v) is 7.82. The Kier molecular flexibility index (Phi) is 4.42. The quantitative estimate of drug-likeness (QED) is 0.670. The van der Waals surface area contributed by atoms with Crippen LogP contribution in [0.25, 0.3) is 22.4 Å². The van der Waals surface area contributed by atoms with E-state index in [0.29, 0.717) is 23.6 Å². The van der Waals surface area contributed by atoms with Gasteiger partial charge in [0.25, 0.3) is 5.56 Å². The normalized spacial score (nSPS) is 11.3. The van der Waals surface area contributed by atoms with Crippen LogP contribution in [-0.2, 0) is 0 Å². The van der Waals surface area contributed by atoms with E-state index in [2.05, 4.69) is 17.1 Å². The molecule has 0 aliphatic carbocycles. The van der Waals surface area contributed by atoms with Gasteiger partial charge in [-0.1, -0.05) is 32.6 Å². The third-order valence-electron chi connectivity index (χ3n) is 3.74. The van der Waals surface area contributed by atoms with Crippen LogP contribution < -0.4 is 10.3 Å². The molecule has 0 bridgehead atoms. The fourth-order valence-corrected chi connectivity index (χ4v) is 2.49. The van der Waals surface area contributed by atoms with Gasteiger partial charge in [0.15, 0.2) is 0 Å². The summed E-state index contributed by atoms with van der Waals surface area (Å²) in [5, 5.41) is 7.11. The molecule has 0 unspecified atom stereocenters. The zero-order valence-corrected chi connectivity index (χ0v) is 12.7. The van der Waals surface area contributed by atoms with Gasteiger partial charge in [0.2, 0.25) is 5.89 Å². The maximum absolute atomic E-state index is 11.5. The summed E-state index contributed by atoms with van der Waals surface area (Å²) in [6.45, 7) is 2.92. The lowest BCUT2D eigenvalue weighted by Crippen LogP contribution is -1.99. The van der Waals surface area contributed by atoms with Crippen molar-refractivity contribution in [3.63, 3.8) is 0 Å². The van der Waals surface area contributed by atoms with E-state index in [4.69, 9.17) is 9.15 Å². The van der Waals surface area contributed by atoms with Gasteiger partial charge in [-0.05, 0) is 24.6 Å². The van der Waals surface area contributed by atoms with Gasteiger partial charge >= 0.3 is 0 Å². The molecule has 22 heavy (non-hydrogen) atoms. The highest BCUT2D eigenvalue weighted by molar-refractivity contribution is 5.82. The summed E-state index contributed by atoms with van der Waals surface area (Å²) in [5.74, 6) is 1.11. The topological polar surface area (TPSA) is 68.1 Å². The first-order chi connectivity index (χ1) is 10.8. The Morgan fingerprint density at radius 2 is 2.05 bits per heavy atom. The van der Waals surface area contributed by atoms with Crippen molar-refractivity contribution in [3.8, 4) is 17.2 Å². The van der Waals surface area contributed by atoms with Crippen LogP contribution in [0.15, 0.2) is 33.5 Å². The van der Waals surface area contributed by atoms with Crippen LogP contribution in [0.2, 0.25) is 0 Å². The van der Waals surface area contributed by atoms with Crippen LogP contribution in [0.5, 0.6) is 5.75 Å². The second kappa shape index (κ2) is 6.64. The van der Waals surface area contributed by atoms with E-state index in [1.165, 1.54) is 25.7 Å². The molecule has 0 saturated carbocycles. The van der Waals surface area contributed by atoms with E-state index in [1.807, 2.05) is 18.2 Å². The molecule has 0 aromatic heterocycles. The van der Waals surface area contributed by atoms with Crippen molar-refractivity contribution in [2.45, 2.75) is 39.0 Å². The smallest absolute Gasteiger partial charge is 0.277 e. The molecular formula is C17H20N2O3. The predicted octanol–water partition coefficient (Wildman–Crippen LogP) is 3.97. The minimum Gasteiger partial charge on any atom is -0.493 e. The van der Waals surface area contributed by atoms with Gasteiger partial charge in [-0.15, -0.1) is 5.10 Å². The lowest BCUT2D eigenvalue weighted by molar-refractivity contribution is 0.304. The van der Waals surface area contributed by atoms with Crippen LogP contribution in [0, 0.1) is 0 Å². The molecule has 0 spiro atoms. The summed E-state index contributed by atoms with van der Waals surface area (Å²) in [5.41, 5.74) is 0.910. The molecule has 1 N–H and O–H groups in total. The number of fused-ring (bicyclic) bond motifs is 2. The molecule has 1 aromatic rings. The average Bonchev–Trinajstić information content (AvgIpc) is 2.89. The van der Waals surface area contributed by atoms with Crippen LogP contribution in [0.3, 0.4) is 0 Å². The number of rotatable bonds is 7. The first-order valence-electron chi connectivity index (χ1n) is 7.82.